The van der Waals surface area contributed by atoms with Crippen LogP contribution in [-0.2, 0) is 0 Å². The number of aliphatic hydroxyl groups is 1. The molecule has 1 heterocycles. The van der Waals surface area contributed by atoms with Crippen molar-refractivity contribution in [1.82, 2.24) is 4.90 Å². The van der Waals surface area contributed by atoms with E-state index in [4.69, 9.17) is 5.11 Å². The largest absolute Gasteiger partial charge is 0.389 e. The smallest absolute Gasteiger partial charge is 0.0938 e. The van der Waals surface area contributed by atoms with Crippen molar-refractivity contribution in [1.29, 1.82) is 0 Å². The van der Waals surface area contributed by atoms with Crippen molar-refractivity contribution < 1.29 is 5.11 Å². The van der Waals surface area contributed by atoms with Gasteiger partial charge >= 0.3 is 0 Å². The minimum Gasteiger partial charge on any atom is -0.389 e. The summed E-state index contributed by atoms with van der Waals surface area (Å²) < 4.78 is 0. The number of likely N-dealkylation sites (tertiary alicyclic amines) is 1. The fraction of sp³-hybridized carbons (Fsp3) is 0.857. The number of rotatable bonds is 2. The molecule has 0 aromatic heterocycles. The monoisotopic (exact) mass is 128 g/mol. The van der Waals surface area contributed by atoms with Gasteiger partial charge in [0.05, 0.1) is 6.61 Å². The van der Waals surface area contributed by atoms with Gasteiger partial charge in [0, 0.05) is 6.54 Å². The highest BCUT2D eigenvalue weighted by molar-refractivity contribution is 4.66. The highest BCUT2D eigenvalue weighted by Gasteiger charge is 2.07. The minimum absolute atomic E-state index is 0.750. The van der Waals surface area contributed by atoms with E-state index in [1.54, 1.807) is 0 Å². The summed E-state index contributed by atoms with van der Waals surface area (Å²) in [6.45, 7) is 4.32. The first-order valence-electron chi connectivity index (χ1n) is 3.62. The molecule has 1 aliphatic rings. The molecule has 0 atom stereocenters. The van der Waals surface area contributed by atoms with Crippen LogP contribution in [0, 0.1) is 6.61 Å². The number of hydrogen-bond donors (Lipinski definition) is 1. The molecule has 0 aliphatic carbocycles. The van der Waals surface area contributed by atoms with Gasteiger partial charge in [0.1, 0.15) is 0 Å². The second-order valence-electron chi connectivity index (χ2n) is 2.54. The van der Waals surface area contributed by atoms with Gasteiger partial charge in [0.2, 0.25) is 0 Å². The average Bonchev–Trinajstić information content (AvgIpc) is 1.91. The van der Waals surface area contributed by atoms with Crippen molar-refractivity contribution in [2.75, 3.05) is 19.6 Å². The summed E-state index contributed by atoms with van der Waals surface area (Å²) >= 11 is 0. The first-order valence-corrected chi connectivity index (χ1v) is 3.62. The normalized spacial score (nSPS) is 22.3. The Bertz CT molecular complexity index is 66.6. The number of hydrogen-bond acceptors (Lipinski definition) is 2. The minimum atomic E-state index is 0.750. The Morgan fingerprint density at radius 1 is 1.22 bits per heavy atom. The highest BCUT2D eigenvalue weighted by Crippen LogP contribution is 2.07. The Morgan fingerprint density at radius 3 is 2.44 bits per heavy atom. The van der Waals surface area contributed by atoms with Crippen LogP contribution in [-0.4, -0.2) is 29.6 Å². The van der Waals surface area contributed by atoms with E-state index in [1.165, 1.54) is 25.9 Å². The molecule has 1 fully saturated rings. The molecule has 0 amide bonds. The van der Waals surface area contributed by atoms with Crippen molar-refractivity contribution in [2.45, 2.75) is 19.3 Å². The van der Waals surface area contributed by atoms with Crippen LogP contribution in [0.3, 0.4) is 0 Å². The Labute approximate surface area is 56.5 Å². The zero-order chi connectivity index (χ0) is 6.53. The lowest BCUT2D eigenvalue weighted by Crippen LogP contribution is -2.30. The lowest BCUT2D eigenvalue weighted by molar-refractivity contribution is 0.209. The van der Waals surface area contributed by atoms with Crippen LogP contribution in [0.1, 0.15) is 19.3 Å². The van der Waals surface area contributed by atoms with Crippen LogP contribution < -0.4 is 0 Å². The van der Waals surface area contributed by atoms with E-state index in [0.29, 0.717) is 0 Å². The van der Waals surface area contributed by atoms with Gasteiger partial charge in [0.15, 0.2) is 0 Å². The van der Waals surface area contributed by atoms with Crippen LogP contribution in [0.5, 0.6) is 0 Å². The Kier molecular flexibility index (Phi) is 3.01. The topological polar surface area (TPSA) is 23.5 Å². The van der Waals surface area contributed by atoms with E-state index in [1.807, 2.05) is 0 Å². The predicted molar refractivity (Wildman–Crippen MR) is 36.5 cm³/mol. The molecular formula is C7H14NO. The standard InChI is InChI=1S/C7H14NO/c9-7-6-8-4-2-1-3-5-8/h7,9H,1-6H2. The highest BCUT2D eigenvalue weighted by atomic mass is 16.3. The van der Waals surface area contributed by atoms with E-state index in [2.05, 4.69) is 4.90 Å². The lowest BCUT2D eigenvalue weighted by Gasteiger charge is -2.24. The van der Waals surface area contributed by atoms with Crippen molar-refractivity contribution >= 4 is 0 Å². The molecule has 0 aromatic carbocycles. The fourth-order valence-corrected chi connectivity index (χ4v) is 1.26. The molecule has 2 heteroatoms. The van der Waals surface area contributed by atoms with Crippen LogP contribution in [0.15, 0.2) is 0 Å². The van der Waals surface area contributed by atoms with Gasteiger partial charge < -0.3 is 10.0 Å². The molecule has 0 spiro atoms. The summed E-state index contributed by atoms with van der Waals surface area (Å²) in [5.74, 6) is 0. The second-order valence-corrected chi connectivity index (χ2v) is 2.54. The van der Waals surface area contributed by atoms with Crippen molar-refractivity contribution in [3.8, 4) is 0 Å². The molecule has 2 nitrogen and oxygen atoms in total. The predicted octanol–water partition coefficient (Wildman–Crippen LogP) is 1.01. The summed E-state index contributed by atoms with van der Waals surface area (Å²) in [7, 11) is 0. The van der Waals surface area contributed by atoms with Gasteiger partial charge in [-0.3, -0.25) is 0 Å². The molecule has 0 bridgehead atoms. The summed E-state index contributed by atoms with van der Waals surface area (Å²) in [6, 6.07) is 0. The Hall–Kier alpha value is -0.0800. The maximum Gasteiger partial charge on any atom is 0.0938 e. The summed E-state index contributed by atoms with van der Waals surface area (Å²) in [5, 5.41) is 8.45. The molecule has 1 rings (SSSR count). The van der Waals surface area contributed by atoms with Crippen molar-refractivity contribution in [3.63, 3.8) is 0 Å². The van der Waals surface area contributed by atoms with Crippen molar-refractivity contribution in [2.24, 2.45) is 0 Å². The van der Waals surface area contributed by atoms with Crippen LogP contribution in [0.4, 0.5) is 0 Å². The fourth-order valence-electron chi connectivity index (χ4n) is 1.26. The van der Waals surface area contributed by atoms with Crippen LogP contribution in [0.2, 0.25) is 0 Å². The molecule has 1 saturated heterocycles. The number of aliphatic hydroxyl groups excluding tert-OH is 1. The third-order valence-corrected chi connectivity index (χ3v) is 1.79. The maximum atomic E-state index is 8.45. The summed E-state index contributed by atoms with van der Waals surface area (Å²) in [6.07, 6.45) is 3.96. The molecule has 0 aromatic rings. The second kappa shape index (κ2) is 3.85. The summed E-state index contributed by atoms with van der Waals surface area (Å²) in [5.41, 5.74) is 0. The van der Waals surface area contributed by atoms with E-state index in [0.717, 1.165) is 19.6 Å². The quantitative estimate of drug-likeness (QED) is 0.600. The van der Waals surface area contributed by atoms with Crippen LogP contribution in [0.25, 0.3) is 0 Å². The molecule has 1 N–H and O–H groups in total. The molecule has 1 radical (unpaired) electrons. The third-order valence-electron chi connectivity index (χ3n) is 1.79. The first kappa shape index (κ1) is 7.03. The number of nitrogens with zero attached hydrogens (tertiary/aromatic N) is 1. The molecular weight excluding hydrogens is 114 g/mol. The molecule has 53 valence electrons. The SMILES string of the molecule is O[CH]CN1CCCCC1. The summed E-state index contributed by atoms with van der Waals surface area (Å²) in [4.78, 5) is 2.27. The first-order chi connectivity index (χ1) is 4.43. The molecule has 0 unspecified atom stereocenters. The zero-order valence-electron chi connectivity index (χ0n) is 5.71. The zero-order valence-corrected chi connectivity index (χ0v) is 5.71. The van der Waals surface area contributed by atoms with Gasteiger partial charge in [-0.25, -0.2) is 0 Å². The molecule has 9 heavy (non-hydrogen) atoms. The van der Waals surface area contributed by atoms with Crippen molar-refractivity contribution in [3.05, 3.63) is 6.61 Å². The van der Waals surface area contributed by atoms with Gasteiger partial charge in [-0.05, 0) is 25.9 Å². The Morgan fingerprint density at radius 2 is 1.89 bits per heavy atom. The van der Waals surface area contributed by atoms with Gasteiger partial charge in [-0.15, -0.1) is 0 Å². The average molecular weight is 128 g/mol. The Balaban J connectivity index is 2.08. The molecule has 0 saturated carbocycles. The number of piperidine rings is 1. The van der Waals surface area contributed by atoms with Gasteiger partial charge in [-0.1, -0.05) is 6.42 Å². The third kappa shape index (κ3) is 2.33. The van der Waals surface area contributed by atoms with E-state index in [9.17, 15) is 0 Å². The van der Waals surface area contributed by atoms with Gasteiger partial charge in [-0.2, -0.15) is 0 Å². The maximum absolute atomic E-state index is 8.45. The van der Waals surface area contributed by atoms with E-state index >= 15 is 0 Å². The lowest BCUT2D eigenvalue weighted by atomic mass is 10.1. The van der Waals surface area contributed by atoms with Gasteiger partial charge in [0.25, 0.3) is 0 Å². The molecule has 1 aliphatic heterocycles. The van der Waals surface area contributed by atoms with E-state index in [-0.39, 0.29) is 0 Å². The van der Waals surface area contributed by atoms with E-state index < -0.39 is 0 Å². The van der Waals surface area contributed by atoms with Crippen LogP contribution >= 0.6 is 0 Å².